The summed E-state index contributed by atoms with van der Waals surface area (Å²) in [6.07, 6.45) is -0.948. The summed E-state index contributed by atoms with van der Waals surface area (Å²) in [4.78, 5) is 20.2. The van der Waals surface area contributed by atoms with E-state index >= 15 is 0 Å². The number of nitrogens with zero attached hydrogens (tertiary/aromatic N) is 1. The van der Waals surface area contributed by atoms with Crippen LogP contribution in [0.5, 0.6) is 0 Å². The normalized spacial score (nSPS) is 11.5. The first-order chi connectivity index (χ1) is 7.54. The molecule has 0 aliphatic carbocycles. The minimum atomic E-state index is -1.43. The highest BCUT2D eigenvalue weighted by Crippen LogP contribution is 2.21. The second-order valence-corrected chi connectivity index (χ2v) is 2.89. The predicted molar refractivity (Wildman–Crippen MR) is 55.1 cm³/mol. The third kappa shape index (κ3) is 2.81. The van der Waals surface area contributed by atoms with Gasteiger partial charge < -0.3 is 9.84 Å². The maximum Gasteiger partial charge on any atom is 0.506 e. The molecule has 0 fully saturated rings. The molecule has 1 aromatic carbocycles. The number of benzene rings is 1. The molecule has 6 heteroatoms. The van der Waals surface area contributed by atoms with Crippen molar-refractivity contribution < 1.29 is 19.6 Å². The number of non-ortho nitro benzene ring substituents is 1. The van der Waals surface area contributed by atoms with E-state index in [4.69, 9.17) is 5.11 Å². The second-order valence-electron chi connectivity index (χ2n) is 2.89. The van der Waals surface area contributed by atoms with Gasteiger partial charge in [-0.3, -0.25) is 10.1 Å². The van der Waals surface area contributed by atoms with Gasteiger partial charge in [0.25, 0.3) is 5.69 Å². The third-order valence-corrected chi connectivity index (χ3v) is 1.87. The van der Waals surface area contributed by atoms with Crippen LogP contribution in [0.2, 0.25) is 0 Å². The van der Waals surface area contributed by atoms with Crippen LogP contribution in [-0.4, -0.2) is 16.2 Å². The van der Waals surface area contributed by atoms with E-state index in [2.05, 4.69) is 11.3 Å². The highest BCUT2D eigenvalue weighted by atomic mass is 16.7. The van der Waals surface area contributed by atoms with Crippen LogP contribution in [0.4, 0.5) is 10.5 Å². The third-order valence-electron chi connectivity index (χ3n) is 1.87. The van der Waals surface area contributed by atoms with E-state index in [0.29, 0.717) is 5.56 Å². The van der Waals surface area contributed by atoms with Crippen LogP contribution < -0.4 is 0 Å². The van der Waals surface area contributed by atoms with Gasteiger partial charge in [-0.2, -0.15) is 0 Å². The van der Waals surface area contributed by atoms with E-state index in [1.807, 2.05) is 0 Å². The summed E-state index contributed by atoms with van der Waals surface area (Å²) in [6.45, 7) is 3.43. The zero-order chi connectivity index (χ0) is 12.1. The summed E-state index contributed by atoms with van der Waals surface area (Å²) in [5.74, 6) is 0. The zero-order valence-corrected chi connectivity index (χ0v) is 8.20. The summed E-state index contributed by atoms with van der Waals surface area (Å²) >= 11 is 0. The lowest BCUT2D eigenvalue weighted by Crippen LogP contribution is -2.06. The fourth-order valence-corrected chi connectivity index (χ4v) is 1.15. The van der Waals surface area contributed by atoms with Crippen molar-refractivity contribution in [3.8, 4) is 0 Å². The van der Waals surface area contributed by atoms with Crippen molar-refractivity contribution in [2.45, 2.75) is 6.10 Å². The molecule has 0 aromatic heterocycles. The molecule has 1 aromatic rings. The van der Waals surface area contributed by atoms with Crippen LogP contribution in [0, 0.1) is 10.1 Å². The van der Waals surface area contributed by atoms with Gasteiger partial charge in [0.2, 0.25) is 0 Å². The number of carbonyl (C=O) groups is 1. The van der Waals surface area contributed by atoms with Crippen molar-refractivity contribution in [3.63, 3.8) is 0 Å². The lowest BCUT2D eigenvalue weighted by atomic mass is 10.1. The molecule has 0 spiro atoms. The molecule has 1 atom stereocenters. The average molecular weight is 223 g/mol. The van der Waals surface area contributed by atoms with Gasteiger partial charge in [-0.1, -0.05) is 6.58 Å². The largest absolute Gasteiger partial charge is 0.506 e. The minimum Gasteiger partial charge on any atom is -0.450 e. The van der Waals surface area contributed by atoms with Gasteiger partial charge in [0, 0.05) is 12.1 Å². The molecule has 0 saturated carbocycles. The molecule has 84 valence electrons. The van der Waals surface area contributed by atoms with Crippen molar-refractivity contribution in [1.82, 2.24) is 0 Å². The summed E-state index contributed by atoms with van der Waals surface area (Å²) in [7, 11) is 0. The van der Waals surface area contributed by atoms with Gasteiger partial charge >= 0.3 is 6.16 Å². The number of hydrogen-bond donors (Lipinski definition) is 1. The summed E-state index contributed by atoms with van der Waals surface area (Å²) in [6, 6.07) is 5.40. The Kier molecular flexibility index (Phi) is 3.60. The topological polar surface area (TPSA) is 89.7 Å². The van der Waals surface area contributed by atoms with Crippen molar-refractivity contribution in [2.75, 3.05) is 0 Å². The Morgan fingerprint density at radius 1 is 1.50 bits per heavy atom. The summed E-state index contributed by atoms with van der Waals surface area (Å²) in [5, 5.41) is 18.8. The molecular formula is C10H9NO5. The van der Waals surface area contributed by atoms with Crippen LogP contribution in [-0.2, 0) is 4.74 Å². The molecule has 0 amide bonds. The van der Waals surface area contributed by atoms with E-state index < -0.39 is 17.2 Å². The quantitative estimate of drug-likeness (QED) is 0.366. The maximum atomic E-state index is 10.4. The number of nitro benzene ring substituents is 1. The Bertz CT molecular complexity index is 412. The summed E-state index contributed by atoms with van der Waals surface area (Å²) < 4.78 is 4.51. The number of rotatable bonds is 4. The monoisotopic (exact) mass is 223 g/mol. The van der Waals surface area contributed by atoms with Crippen LogP contribution >= 0.6 is 0 Å². The Hall–Kier alpha value is -2.37. The highest BCUT2D eigenvalue weighted by molar-refractivity contribution is 5.57. The standard InChI is InChI=1S/C10H9NO5/c1-2-9(16-10(12)13)7-3-5-8(6-4-7)11(14)15/h2-6,9H,1H2,(H,12,13). The van der Waals surface area contributed by atoms with E-state index in [1.54, 1.807) is 0 Å². The average Bonchev–Trinajstić information content (AvgIpc) is 2.25. The predicted octanol–water partition coefficient (Wildman–Crippen LogP) is 2.52. The Labute approximate surface area is 90.9 Å². The molecule has 0 bridgehead atoms. The lowest BCUT2D eigenvalue weighted by Gasteiger charge is -2.11. The van der Waals surface area contributed by atoms with Gasteiger partial charge in [0.15, 0.2) is 0 Å². The van der Waals surface area contributed by atoms with Crippen LogP contribution in [0.3, 0.4) is 0 Å². The number of ether oxygens (including phenoxy) is 1. The van der Waals surface area contributed by atoms with Crippen molar-refractivity contribution in [2.24, 2.45) is 0 Å². The molecule has 16 heavy (non-hydrogen) atoms. The van der Waals surface area contributed by atoms with Gasteiger partial charge in [0.1, 0.15) is 6.10 Å². The first-order valence-electron chi connectivity index (χ1n) is 4.31. The number of nitro groups is 1. The SMILES string of the molecule is C=CC(OC(=O)O)c1ccc([N+](=O)[O-])cc1. The van der Waals surface area contributed by atoms with E-state index in [9.17, 15) is 14.9 Å². The van der Waals surface area contributed by atoms with Crippen LogP contribution in [0.1, 0.15) is 11.7 Å². The smallest absolute Gasteiger partial charge is 0.450 e. The Balaban J connectivity index is 2.90. The molecule has 1 N–H and O–H groups in total. The number of carboxylic acid groups (broad SMARTS) is 1. The minimum absolute atomic E-state index is 0.0677. The second kappa shape index (κ2) is 4.92. The molecule has 0 radical (unpaired) electrons. The van der Waals surface area contributed by atoms with Crippen LogP contribution in [0.15, 0.2) is 36.9 Å². The molecule has 0 saturated heterocycles. The zero-order valence-electron chi connectivity index (χ0n) is 8.20. The molecular weight excluding hydrogens is 214 g/mol. The van der Waals surface area contributed by atoms with Crippen molar-refractivity contribution >= 4 is 11.8 Å². The van der Waals surface area contributed by atoms with Crippen molar-refractivity contribution in [3.05, 3.63) is 52.6 Å². The van der Waals surface area contributed by atoms with E-state index in [-0.39, 0.29) is 5.69 Å². The van der Waals surface area contributed by atoms with Crippen molar-refractivity contribution in [1.29, 1.82) is 0 Å². The summed E-state index contributed by atoms with van der Waals surface area (Å²) in [5.41, 5.74) is 0.421. The van der Waals surface area contributed by atoms with Gasteiger partial charge in [0.05, 0.1) is 4.92 Å². The Morgan fingerprint density at radius 3 is 2.44 bits per heavy atom. The molecule has 0 heterocycles. The lowest BCUT2D eigenvalue weighted by molar-refractivity contribution is -0.384. The maximum absolute atomic E-state index is 10.4. The van der Waals surface area contributed by atoms with E-state index in [0.717, 1.165) is 0 Å². The van der Waals surface area contributed by atoms with Gasteiger partial charge in [-0.15, -0.1) is 0 Å². The molecule has 1 unspecified atom stereocenters. The fourth-order valence-electron chi connectivity index (χ4n) is 1.15. The Morgan fingerprint density at radius 2 is 2.06 bits per heavy atom. The molecule has 6 nitrogen and oxygen atoms in total. The number of hydrogen-bond acceptors (Lipinski definition) is 4. The first-order valence-corrected chi connectivity index (χ1v) is 4.31. The van der Waals surface area contributed by atoms with Gasteiger partial charge in [-0.05, 0) is 23.8 Å². The van der Waals surface area contributed by atoms with E-state index in [1.165, 1.54) is 30.3 Å². The molecule has 0 aliphatic rings. The molecule has 1 rings (SSSR count). The fraction of sp³-hybridized carbons (Fsp3) is 0.100. The highest BCUT2D eigenvalue weighted by Gasteiger charge is 2.13. The first kappa shape index (κ1) is 11.7. The van der Waals surface area contributed by atoms with Crippen LogP contribution in [0.25, 0.3) is 0 Å². The molecule has 0 aliphatic heterocycles. The van der Waals surface area contributed by atoms with Gasteiger partial charge in [-0.25, -0.2) is 4.79 Å².